The molecule has 7 heteroatoms. The number of thiazole rings is 1. The lowest BCUT2D eigenvalue weighted by Gasteiger charge is -2.36. The zero-order chi connectivity index (χ0) is 19.6. The number of piperidine rings is 1. The number of carbonyl (C=O) groups excluding carboxylic acids is 1. The molecular weight excluding hydrogens is 375 g/mol. The molecule has 0 aliphatic carbocycles. The van der Waals surface area contributed by atoms with E-state index < -0.39 is 5.67 Å². The van der Waals surface area contributed by atoms with E-state index >= 15 is 4.39 Å². The van der Waals surface area contributed by atoms with Crippen LogP contribution in [0.4, 0.5) is 4.39 Å². The van der Waals surface area contributed by atoms with Crippen molar-refractivity contribution in [2.45, 2.75) is 31.9 Å². The minimum atomic E-state index is -1.28. The molecule has 0 spiro atoms. The minimum absolute atomic E-state index is 0.101. The third-order valence-electron chi connectivity index (χ3n) is 5.10. The van der Waals surface area contributed by atoms with Crippen molar-refractivity contribution in [2.24, 2.45) is 0 Å². The van der Waals surface area contributed by atoms with Crippen LogP contribution in [-0.4, -0.2) is 44.5 Å². The summed E-state index contributed by atoms with van der Waals surface area (Å²) < 4.78 is 15.3. The van der Waals surface area contributed by atoms with Crippen molar-refractivity contribution in [1.29, 1.82) is 0 Å². The maximum absolute atomic E-state index is 15.3. The van der Waals surface area contributed by atoms with Crippen molar-refractivity contribution in [3.63, 3.8) is 0 Å². The minimum Gasteiger partial charge on any atom is -0.338 e. The monoisotopic (exact) mass is 396 g/mol. The standard InChI is InChI=1S/C21H21FN4OS/c1-15-25-14-17(28-15)13-21(22)6-11-26(12-7-21)20(27)18-3-2-8-24-19(18)16-4-9-23-10-5-16/h2-5,8-10,14H,6-7,11-13H2,1H3. The second-order valence-electron chi connectivity index (χ2n) is 7.10. The van der Waals surface area contributed by atoms with E-state index in [0.29, 0.717) is 43.6 Å². The number of nitrogens with zero attached hydrogens (tertiary/aromatic N) is 4. The van der Waals surface area contributed by atoms with Gasteiger partial charge in [-0.1, -0.05) is 0 Å². The molecule has 1 fully saturated rings. The van der Waals surface area contributed by atoms with E-state index in [1.54, 1.807) is 41.8 Å². The fourth-order valence-electron chi connectivity index (χ4n) is 3.57. The second kappa shape index (κ2) is 7.75. The van der Waals surface area contributed by atoms with Crippen LogP contribution in [0.5, 0.6) is 0 Å². The molecule has 0 bridgehead atoms. The van der Waals surface area contributed by atoms with Gasteiger partial charge in [0.1, 0.15) is 5.67 Å². The highest BCUT2D eigenvalue weighted by Crippen LogP contribution is 2.33. The van der Waals surface area contributed by atoms with E-state index in [1.807, 2.05) is 19.1 Å². The van der Waals surface area contributed by atoms with Crippen LogP contribution in [0.1, 0.15) is 33.1 Å². The molecule has 1 saturated heterocycles. The Morgan fingerprint density at radius 1 is 1.18 bits per heavy atom. The molecule has 3 aromatic rings. The predicted octanol–water partition coefficient (Wildman–Crippen LogP) is 4.10. The number of amides is 1. The lowest BCUT2D eigenvalue weighted by Crippen LogP contribution is -2.45. The van der Waals surface area contributed by atoms with Gasteiger partial charge in [0.15, 0.2) is 0 Å². The number of carbonyl (C=O) groups is 1. The number of rotatable bonds is 4. The molecule has 0 N–H and O–H groups in total. The maximum atomic E-state index is 15.3. The smallest absolute Gasteiger partial charge is 0.256 e. The van der Waals surface area contributed by atoms with Crippen molar-refractivity contribution >= 4 is 17.2 Å². The number of aromatic nitrogens is 3. The lowest BCUT2D eigenvalue weighted by atomic mass is 9.89. The van der Waals surface area contributed by atoms with Crippen LogP contribution in [0.2, 0.25) is 0 Å². The summed E-state index contributed by atoms with van der Waals surface area (Å²) in [4.78, 5) is 28.4. The van der Waals surface area contributed by atoms with Gasteiger partial charge in [-0.25, -0.2) is 9.37 Å². The summed E-state index contributed by atoms with van der Waals surface area (Å²) in [5.74, 6) is -0.101. The molecule has 0 aromatic carbocycles. The average molecular weight is 396 g/mol. The number of aryl methyl sites for hydroxylation is 1. The van der Waals surface area contributed by atoms with E-state index in [-0.39, 0.29) is 5.91 Å². The topological polar surface area (TPSA) is 59.0 Å². The number of pyridine rings is 2. The Labute approximate surface area is 167 Å². The molecule has 1 aliphatic heterocycles. The molecule has 0 saturated carbocycles. The Kier molecular flexibility index (Phi) is 5.17. The second-order valence-corrected chi connectivity index (χ2v) is 8.42. The van der Waals surface area contributed by atoms with Crippen LogP contribution in [0.25, 0.3) is 11.3 Å². The van der Waals surface area contributed by atoms with E-state index in [1.165, 1.54) is 11.3 Å². The zero-order valence-corrected chi connectivity index (χ0v) is 16.5. The fraction of sp³-hybridized carbons (Fsp3) is 0.333. The Hall–Kier alpha value is -2.67. The summed E-state index contributed by atoms with van der Waals surface area (Å²) in [5, 5.41) is 0.950. The molecule has 4 heterocycles. The van der Waals surface area contributed by atoms with E-state index in [0.717, 1.165) is 15.4 Å². The number of alkyl halides is 1. The van der Waals surface area contributed by atoms with Gasteiger partial charge in [0.2, 0.25) is 0 Å². The predicted molar refractivity (Wildman–Crippen MR) is 107 cm³/mol. The van der Waals surface area contributed by atoms with Crippen LogP contribution in [0, 0.1) is 6.92 Å². The third-order valence-corrected chi connectivity index (χ3v) is 6.01. The summed E-state index contributed by atoms with van der Waals surface area (Å²) in [6.07, 6.45) is 7.83. The Bertz CT molecular complexity index is 967. The van der Waals surface area contributed by atoms with Crippen LogP contribution < -0.4 is 0 Å². The van der Waals surface area contributed by atoms with Crippen molar-refractivity contribution in [2.75, 3.05) is 13.1 Å². The summed E-state index contributed by atoms with van der Waals surface area (Å²) in [5.41, 5.74) is 0.736. The molecule has 5 nitrogen and oxygen atoms in total. The first-order valence-electron chi connectivity index (χ1n) is 9.29. The lowest BCUT2D eigenvalue weighted by molar-refractivity contribution is 0.0440. The molecule has 0 atom stereocenters. The molecular formula is C21H21FN4OS. The van der Waals surface area contributed by atoms with Crippen molar-refractivity contribution in [3.8, 4) is 11.3 Å². The first-order chi connectivity index (χ1) is 13.5. The molecule has 0 radical (unpaired) electrons. The van der Waals surface area contributed by atoms with Gasteiger partial charge in [-0.2, -0.15) is 0 Å². The Morgan fingerprint density at radius 3 is 2.61 bits per heavy atom. The van der Waals surface area contributed by atoms with Gasteiger partial charge in [-0.3, -0.25) is 14.8 Å². The van der Waals surface area contributed by atoms with Crippen LogP contribution in [-0.2, 0) is 6.42 Å². The number of likely N-dealkylation sites (tertiary alicyclic amines) is 1. The molecule has 28 heavy (non-hydrogen) atoms. The maximum Gasteiger partial charge on any atom is 0.256 e. The normalized spacial score (nSPS) is 16.1. The van der Waals surface area contributed by atoms with Gasteiger partial charge in [0.05, 0.1) is 16.3 Å². The van der Waals surface area contributed by atoms with Gasteiger partial charge < -0.3 is 4.90 Å². The van der Waals surface area contributed by atoms with Crippen molar-refractivity contribution in [1.82, 2.24) is 19.9 Å². The van der Waals surface area contributed by atoms with Crippen molar-refractivity contribution < 1.29 is 9.18 Å². The van der Waals surface area contributed by atoms with Gasteiger partial charge in [-0.15, -0.1) is 11.3 Å². The molecule has 4 rings (SSSR count). The largest absolute Gasteiger partial charge is 0.338 e. The van der Waals surface area contributed by atoms with Gasteiger partial charge in [0.25, 0.3) is 5.91 Å². The van der Waals surface area contributed by atoms with Gasteiger partial charge >= 0.3 is 0 Å². The molecule has 1 aliphatic rings. The third kappa shape index (κ3) is 3.94. The van der Waals surface area contributed by atoms with Gasteiger partial charge in [0, 0.05) is 54.7 Å². The number of halogens is 1. The highest BCUT2D eigenvalue weighted by atomic mass is 32.1. The van der Waals surface area contributed by atoms with E-state index in [2.05, 4.69) is 15.0 Å². The van der Waals surface area contributed by atoms with Crippen LogP contribution >= 0.6 is 11.3 Å². The first-order valence-corrected chi connectivity index (χ1v) is 10.1. The summed E-state index contributed by atoms with van der Waals surface area (Å²) in [6.45, 7) is 2.73. The van der Waals surface area contributed by atoms with Crippen LogP contribution in [0.3, 0.4) is 0 Å². The summed E-state index contributed by atoms with van der Waals surface area (Å²) >= 11 is 1.54. The molecule has 3 aromatic heterocycles. The SMILES string of the molecule is Cc1ncc(CC2(F)CCN(C(=O)c3cccnc3-c3ccncc3)CC2)s1. The molecule has 0 unspecified atom stereocenters. The molecule has 1 amide bonds. The van der Waals surface area contributed by atoms with Crippen LogP contribution in [0.15, 0.2) is 49.1 Å². The van der Waals surface area contributed by atoms with E-state index in [9.17, 15) is 4.79 Å². The summed E-state index contributed by atoms with van der Waals surface area (Å²) in [7, 11) is 0. The number of hydrogen-bond donors (Lipinski definition) is 0. The average Bonchev–Trinajstić information content (AvgIpc) is 3.12. The summed E-state index contributed by atoms with van der Waals surface area (Å²) in [6, 6.07) is 7.20. The highest BCUT2D eigenvalue weighted by Gasteiger charge is 2.37. The van der Waals surface area contributed by atoms with Crippen molar-refractivity contribution in [3.05, 3.63) is 64.5 Å². The Morgan fingerprint density at radius 2 is 1.93 bits per heavy atom. The first kappa shape index (κ1) is 18.7. The number of hydrogen-bond acceptors (Lipinski definition) is 5. The zero-order valence-electron chi connectivity index (χ0n) is 15.6. The molecule has 144 valence electrons. The van der Waals surface area contributed by atoms with E-state index in [4.69, 9.17) is 0 Å². The highest BCUT2D eigenvalue weighted by molar-refractivity contribution is 7.11. The quantitative estimate of drug-likeness (QED) is 0.666. The van der Waals surface area contributed by atoms with Gasteiger partial charge in [-0.05, 0) is 44.0 Å². The Balaban J connectivity index is 1.48. The fourth-order valence-corrected chi connectivity index (χ4v) is 4.50.